The van der Waals surface area contributed by atoms with Crippen LogP contribution in [-0.4, -0.2) is 35.7 Å². The average Bonchev–Trinajstić information content (AvgIpc) is 2.59. The number of hydrogen-bond acceptors (Lipinski definition) is 4. The van der Waals surface area contributed by atoms with Crippen molar-refractivity contribution < 1.29 is 14.1 Å². The van der Waals surface area contributed by atoms with Crippen molar-refractivity contribution in [1.29, 1.82) is 0 Å². The molecule has 0 fully saturated rings. The van der Waals surface area contributed by atoms with E-state index in [4.69, 9.17) is 9.26 Å². The van der Waals surface area contributed by atoms with Crippen molar-refractivity contribution in [2.45, 2.75) is 39.8 Å². The summed E-state index contributed by atoms with van der Waals surface area (Å²) in [6, 6.07) is 0. The van der Waals surface area contributed by atoms with Crippen LogP contribution in [0.1, 0.15) is 30.9 Å². The van der Waals surface area contributed by atoms with Gasteiger partial charge < -0.3 is 14.2 Å². The monoisotopic (exact) mass is 240 g/mol. The van der Waals surface area contributed by atoms with Gasteiger partial charge >= 0.3 is 0 Å². The predicted molar refractivity (Wildman–Crippen MR) is 63.5 cm³/mol. The Morgan fingerprint density at radius 2 is 2.06 bits per heavy atom. The fourth-order valence-corrected chi connectivity index (χ4v) is 1.58. The van der Waals surface area contributed by atoms with E-state index in [0.29, 0.717) is 6.54 Å². The van der Waals surface area contributed by atoms with Gasteiger partial charge in [0.2, 0.25) is 0 Å². The highest BCUT2D eigenvalue weighted by molar-refractivity contribution is 5.84. The molecule has 0 N–H and O–H groups in total. The quantitative estimate of drug-likeness (QED) is 0.803. The second kappa shape index (κ2) is 4.87. The Labute approximate surface area is 102 Å². The first-order valence-corrected chi connectivity index (χ1v) is 5.52. The lowest BCUT2D eigenvalue weighted by Crippen LogP contribution is -2.44. The number of nitrogens with zero attached hydrogens (tertiary/aromatic N) is 2. The van der Waals surface area contributed by atoms with E-state index in [1.54, 1.807) is 25.8 Å². The lowest BCUT2D eigenvalue weighted by molar-refractivity contribution is -0.150. The molecule has 5 heteroatoms. The standard InChI is InChI=1S/C12H20N2O3/c1-8-10(9(2)17-13-8)7-14(5)11(15)12(3,4)16-6/h7H2,1-6H3. The highest BCUT2D eigenvalue weighted by Crippen LogP contribution is 2.17. The van der Waals surface area contributed by atoms with E-state index in [0.717, 1.165) is 17.0 Å². The maximum Gasteiger partial charge on any atom is 0.254 e. The van der Waals surface area contributed by atoms with Gasteiger partial charge in [0.25, 0.3) is 5.91 Å². The van der Waals surface area contributed by atoms with Crippen molar-refractivity contribution in [2.75, 3.05) is 14.2 Å². The third-order valence-electron chi connectivity index (χ3n) is 2.95. The SMILES string of the molecule is COC(C)(C)C(=O)N(C)Cc1c(C)noc1C. The Balaban J connectivity index is 2.80. The van der Waals surface area contributed by atoms with E-state index in [1.165, 1.54) is 7.11 Å². The molecule has 0 atom stereocenters. The molecular formula is C12H20N2O3. The summed E-state index contributed by atoms with van der Waals surface area (Å²) in [4.78, 5) is 13.7. The molecule has 0 saturated carbocycles. The van der Waals surface area contributed by atoms with Gasteiger partial charge in [-0.3, -0.25) is 4.79 Å². The first-order valence-electron chi connectivity index (χ1n) is 5.52. The van der Waals surface area contributed by atoms with Crippen LogP contribution < -0.4 is 0 Å². The van der Waals surface area contributed by atoms with Crippen LogP contribution in [0.15, 0.2) is 4.52 Å². The van der Waals surface area contributed by atoms with Crippen LogP contribution in [0.3, 0.4) is 0 Å². The molecule has 1 aromatic heterocycles. The van der Waals surface area contributed by atoms with E-state index in [-0.39, 0.29) is 5.91 Å². The molecule has 96 valence electrons. The van der Waals surface area contributed by atoms with E-state index in [1.807, 2.05) is 13.8 Å². The first-order chi connectivity index (χ1) is 7.79. The average molecular weight is 240 g/mol. The maximum atomic E-state index is 12.1. The van der Waals surface area contributed by atoms with Crippen molar-refractivity contribution in [3.8, 4) is 0 Å². The summed E-state index contributed by atoms with van der Waals surface area (Å²) < 4.78 is 10.2. The molecule has 0 unspecified atom stereocenters. The van der Waals surface area contributed by atoms with Gasteiger partial charge in [-0.05, 0) is 27.7 Å². The number of aryl methyl sites for hydroxylation is 2. The summed E-state index contributed by atoms with van der Waals surface area (Å²) in [5, 5.41) is 3.87. The molecule has 5 nitrogen and oxygen atoms in total. The minimum absolute atomic E-state index is 0.0694. The fourth-order valence-electron chi connectivity index (χ4n) is 1.58. The Morgan fingerprint density at radius 1 is 1.47 bits per heavy atom. The van der Waals surface area contributed by atoms with Crippen LogP contribution in [0.5, 0.6) is 0 Å². The fraction of sp³-hybridized carbons (Fsp3) is 0.667. The van der Waals surface area contributed by atoms with Crippen LogP contribution in [-0.2, 0) is 16.1 Å². The van der Waals surface area contributed by atoms with Crippen LogP contribution in [0, 0.1) is 13.8 Å². The first kappa shape index (κ1) is 13.7. The van der Waals surface area contributed by atoms with Gasteiger partial charge in [0.05, 0.1) is 12.2 Å². The number of ether oxygens (including phenoxy) is 1. The number of hydrogen-bond donors (Lipinski definition) is 0. The number of methoxy groups -OCH3 is 1. The number of rotatable bonds is 4. The highest BCUT2D eigenvalue weighted by Gasteiger charge is 2.30. The minimum atomic E-state index is -0.812. The summed E-state index contributed by atoms with van der Waals surface area (Å²) in [6.45, 7) is 7.69. The number of carbonyl (C=O) groups is 1. The molecule has 0 spiro atoms. The highest BCUT2D eigenvalue weighted by atomic mass is 16.5. The van der Waals surface area contributed by atoms with Crippen LogP contribution >= 0.6 is 0 Å². The van der Waals surface area contributed by atoms with Crippen LogP contribution in [0.2, 0.25) is 0 Å². The normalized spacial score (nSPS) is 11.6. The van der Waals surface area contributed by atoms with Crippen molar-refractivity contribution >= 4 is 5.91 Å². The second-order valence-corrected chi connectivity index (χ2v) is 4.68. The van der Waals surface area contributed by atoms with Gasteiger partial charge in [0.15, 0.2) is 0 Å². The smallest absolute Gasteiger partial charge is 0.254 e. The number of likely N-dealkylation sites (N-methyl/N-ethyl adjacent to an activating group) is 1. The Hall–Kier alpha value is -1.36. The van der Waals surface area contributed by atoms with Crippen molar-refractivity contribution in [3.63, 3.8) is 0 Å². The van der Waals surface area contributed by atoms with E-state index in [2.05, 4.69) is 5.16 Å². The molecule has 1 amide bonds. The maximum absolute atomic E-state index is 12.1. The number of aromatic nitrogens is 1. The van der Waals surface area contributed by atoms with Crippen LogP contribution in [0.25, 0.3) is 0 Å². The molecular weight excluding hydrogens is 220 g/mol. The third kappa shape index (κ3) is 2.85. The van der Waals surface area contributed by atoms with Gasteiger partial charge in [-0.1, -0.05) is 5.16 Å². The minimum Gasteiger partial charge on any atom is -0.369 e. The molecule has 0 aliphatic carbocycles. The summed E-state index contributed by atoms with van der Waals surface area (Å²) in [6.07, 6.45) is 0. The lowest BCUT2D eigenvalue weighted by Gasteiger charge is -2.28. The van der Waals surface area contributed by atoms with E-state index < -0.39 is 5.60 Å². The zero-order valence-electron chi connectivity index (χ0n) is 11.3. The summed E-state index contributed by atoms with van der Waals surface area (Å²) in [5.41, 5.74) is 0.957. The molecule has 1 aromatic rings. The summed E-state index contributed by atoms with van der Waals surface area (Å²) in [7, 11) is 3.27. The molecule has 1 rings (SSSR count). The molecule has 0 radical (unpaired) electrons. The largest absolute Gasteiger partial charge is 0.369 e. The van der Waals surface area contributed by atoms with Gasteiger partial charge in [-0.2, -0.15) is 0 Å². The zero-order valence-corrected chi connectivity index (χ0v) is 11.3. The number of amides is 1. The molecule has 0 aliphatic rings. The zero-order chi connectivity index (χ0) is 13.2. The molecule has 0 aromatic carbocycles. The van der Waals surface area contributed by atoms with Gasteiger partial charge in [-0.25, -0.2) is 0 Å². The second-order valence-electron chi connectivity index (χ2n) is 4.68. The molecule has 0 bridgehead atoms. The van der Waals surface area contributed by atoms with Gasteiger partial charge in [0, 0.05) is 19.7 Å². The van der Waals surface area contributed by atoms with Crippen molar-refractivity contribution in [1.82, 2.24) is 10.1 Å². The lowest BCUT2D eigenvalue weighted by atomic mass is 10.1. The third-order valence-corrected chi connectivity index (χ3v) is 2.95. The predicted octanol–water partition coefficient (Wildman–Crippen LogP) is 1.67. The van der Waals surface area contributed by atoms with Gasteiger partial charge in [-0.15, -0.1) is 0 Å². The summed E-state index contributed by atoms with van der Waals surface area (Å²) >= 11 is 0. The Bertz CT molecular complexity index is 390. The molecule has 17 heavy (non-hydrogen) atoms. The van der Waals surface area contributed by atoms with Crippen molar-refractivity contribution in [2.24, 2.45) is 0 Å². The van der Waals surface area contributed by atoms with E-state index >= 15 is 0 Å². The van der Waals surface area contributed by atoms with E-state index in [9.17, 15) is 4.79 Å². The van der Waals surface area contributed by atoms with Crippen molar-refractivity contribution in [3.05, 3.63) is 17.0 Å². The van der Waals surface area contributed by atoms with Gasteiger partial charge in [0.1, 0.15) is 11.4 Å². The molecule has 0 saturated heterocycles. The number of carbonyl (C=O) groups excluding carboxylic acids is 1. The Morgan fingerprint density at radius 3 is 2.47 bits per heavy atom. The van der Waals surface area contributed by atoms with Crippen LogP contribution in [0.4, 0.5) is 0 Å². The topological polar surface area (TPSA) is 55.6 Å². The summed E-state index contributed by atoms with van der Waals surface area (Å²) in [5.74, 6) is 0.678. The molecule has 1 heterocycles. The molecule has 0 aliphatic heterocycles. The Kier molecular flexibility index (Phi) is 3.93.